The molecule has 5 nitrogen and oxygen atoms in total. The molecular weight excluding hydrogens is 370 g/mol. The molecule has 0 heterocycles. The minimum absolute atomic E-state index is 0.0945. The van der Waals surface area contributed by atoms with Crippen molar-refractivity contribution in [3.63, 3.8) is 0 Å². The molecule has 2 rings (SSSR count). The van der Waals surface area contributed by atoms with Gasteiger partial charge in [-0.3, -0.25) is 4.79 Å². The first-order valence-corrected chi connectivity index (χ1v) is 8.78. The van der Waals surface area contributed by atoms with Crippen molar-refractivity contribution in [3.05, 3.63) is 53.0 Å². The van der Waals surface area contributed by atoms with Crippen LogP contribution in [0.2, 0.25) is 0 Å². The molecule has 2 aromatic carbocycles. The number of benzene rings is 2. The summed E-state index contributed by atoms with van der Waals surface area (Å²) in [6.45, 7) is 0. The van der Waals surface area contributed by atoms with Crippen molar-refractivity contribution < 1.29 is 17.9 Å². The molecule has 2 aromatic rings. The number of hydrogen-bond acceptors (Lipinski definition) is 4. The van der Waals surface area contributed by atoms with Crippen molar-refractivity contribution in [1.29, 1.82) is 0 Å². The van der Waals surface area contributed by atoms with E-state index in [1.807, 2.05) is 0 Å². The zero-order valence-electron chi connectivity index (χ0n) is 11.7. The zero-order valence-corrected chi connectivity index (χ0v) is 14.1. The van der Waals surface area contributed by atoms with E-state index in [0.717, 1.165) is 0 Å². The number of para-hydroxylation sites is 2. The molecule has 22 heavy (non-hydrogen) atoms. The number of sulfone groups is 1. The van der Waals surface area contributed by atoms with Crippen LogP contribution in [0.1, 0.15) is 0 Å². The van der Waals surface area contributed by atoms with E-state index in [-0.39, 0.29) is 4.90 Å². The standard InChI is InChI=1S/C15H14BrNO4S/c1-21-14-8-3-2-7-13(14)17-15(18)10-22(19,20)12-6-4-5-11(16)9-12/h2-9H,10H2,1H3,(H,17,18). The fraction of sp³-hybridized carbons (Fsp3) is 0.133. The second-order valence-electron chi connectivity index (χ2n) is 4.46. The summed E-state index contributed by atoms with van der Waals surface area (Å²) in [5.74, 6) is -0.790. The topological polar surface area (TPSA) is 72.5 Å². The maximum Gasteiger partial charge on any atom is 0.240 e. The molecule has 0 spiro atoms. The molecule has 0 aliphatic heterocycles. The summed E-state index contributed by atoms with van der Waals surface area (Å²) < 4.78 is 30.2. The molecule has 1 N–H and O–H groups in total. The highest BCUT2D eigenvalue weighted by Crippen LogP contribution is 2.23. The van der Waals surface area contributed by atoms with Crippen LogP contribution >= 0.6 is 15.9 Å². The highest BCUT2D eigenvalue weighted by molar-refractivity contribution is 9.10. The van der Waals surface area contributed by atoms with E-state index in [0.29, 0.717) is 15.9 Å². The van der Waals surface area contributed by atoms with Crippen LogP contribution in [0.5, 0.6) is 5.75 Å². The minimum Gasteiger partial charge on any atom is -0.495 e. The largest absolute Gasteiger partial charge is 0.495 e. The maximum atomic E-state index is 12.2. The number of nitrogens with one attached hydrogen (secondary N) is 1. The quantitative estimate of drug-likeness (QED) is 0.861. The number of carbonyl (C=O) groups is 1. The number of methoxy groups -OCH3 is 1. The Kier molecular flexibility index (Phi) is 5.20. The fourth-order valence-electron chi connectivity index (χ4n) is 1.85. The van der Waals surface area contributed by atoms with E-state index < -0.39 is 21.5 Å². The predicted molar refractivity (Wildman–Crippen MR) is 87.8 cm³/mol. The van der Waals surface area contributed by atoms with Gasteiger partial charge in [0.1, 0.15) is 11.5 Å². The molecule has 7 heteroatoms. The highest BCUT2D eigenvalue weighted by atomic mass is 79.9. The van der Waals surface area contributed by atoms with Crippen LogP contribution in [0.25, 0.3) is 0 Å². The molecule has 0 aliphatic rings. The Labute approximate surface area is 137 Å². The fourth-order valence-corrected chi connectivity index (χ4v) is 3.58. The van der Waals surface area contributed by atoms with Crippen molar-refractivity contribution >= 4 is 37.4 Å². The predicted octanol–water partition coefficient (Wildman–Crippen LogP) is 2.87. The number of carbonyl (C=O) groups excluding carboxylic acids is 1. The lowest BCUT2D eigenvalue weighted by Gasteiger charge is -2.10. The summed E-state index contributed by atoms with van der Waals surface area (Å²) >= 11 is 3.21. The molecule has 0 bridgehead atoms. The van der Waals surface area contributed by atoms with Crippen molar-refractivity contribution in [2.75, 3.05) is 18.2 Å². The maximum absolute atomic E-state index is 12.2. The van der Waals surface area contributed by atoms with Crippen molar-refractivity contribution in [2.45, 2.75) is 4.90 Å². The van der Waals surface area contributed by atoms with Crippen molar-refractivity contribution in [3.8, 4) is 5.75 Å². The van der Waals surface area contributed by atoms with Crippen LogP contribution in [0.3, 0.4) is 0 Å². The van der Waals surface area contributed by atoms with Gasteiger partial charge in [0.15, 0.2) is 9.84 Å². The van der Waals surface area contributed by atoms with E-state index in [1.54, 1.807) is 36.4 Å². The molecule has 0 aromatic heterocycles. The Morgan fingerprint density at radius 3 is 2.59 bits per heavy atom. The van der Waals surface area contributed by atoms with E-state index >= 15 is 0 Å². The number of rotatable bonds is 5. The minimum atomic E-state index is -3.70. The molecular formula is C15H14BrNO4S. The first-order chi connectivity index (χ1) is 10.4. The molecule has 0 fully saturated rings. The number of anilines is 1. The van der Waals surface area contributed by atoms with Crippen molar-refractivity contribution in [1.82, 2.24) is 0 Å². The second kappa shape index (κ2) is 6.93. The van der Waals surface area contributed by atoms with Gasteiger partial charge in [0, 0.05) is 4.47 Å². The van der Waals surface area contributed by atoms with Gasteiger partial charge in [-0.15, -0.1) is 0 Å². The second-order valence-corrected chi connectivity index (χ2v) is 7.37. The smallest absolute Gasteiger partial charge is 0.240 e. The highest BCUT2D eigenvalue weighted by Gasteiger charge is 2.20. The van der Waals surface area contributed by atoms with E-state index in [4.69, 9.17) is 4.74 Å². The zero-order chi connectivity index (χ0) is 16.2. The Hall–Kier alpha value is -1.86. The molecule has 116 valence electrons. The molecule has 0 aliphatic carbocycles. The van der Waals surface area contributed by atoms with Crippen LogP contribution in [0.15, 0.2) is 57.9 Å². The normalized spacial score (nSPS) is 11.0. The summed E-state index contributed by atoms with van der Waals surface area (Å²) in [6.07, 6.45) is 0. The Balaban J connectivity index is 2.15. The Morgan fingerprint density at radius 2 is 1.91 bits per heavy atom. The molecule has 0 radical (unpaired) electrons. The van der Waals surface area contributed by atoms with Gasteiger partial charge >= 0.3 is 0 Å². The number of amides is 1. The molecule has 0 saturated carbocycles. The summed E-state index contributed by atoms with van der Waals surface area (Å²) in [5, 5.41) is 2.55. The third kappa shape index (κ3) is 4.08. The number of halogens is 1. The van der Waals surface area contributed by atoms with E-state index in [2.05, 4.69) is 21.2 Å². The summed E-state index contributed by atoms with van der Waals surface area (Å²) in [7, 11) is -2.23. The lowest BCUT2D eigenvalue weighted by Crippen LogP contribution is -2.23. The Morgan fingerprint density at radius 1 is 1.18 bits per heavy atom. The first-order valence-electron chi connectivity index (χ1n) is 6.33. The third-order valence-electron chi connectivity index (χ3n) is 2.86. The first kappa shape index (κ1) is 16.5. The Bertz CT molecular complexity index is 790. The van der Waals surface area contributed by atoms with Crippen LogP contribution in [-0.2, 0) is 14.6 Å². The van der Waals surface area contributed by atoms with Gasteiger partial charge in [0.2, 0.25) is 5.91 Å². The average molecular weight is 384 g/mol. The molecule has 0 unspecified atom stereocenters. The van der Waals surface area contributed by atoms with Gasteiger partial charge in [0.05, 0.1) is 17.7 Å². The summed E-state index contributed by atoms with van der Waals surface area (Å²) in [4.78, 5) is 12.1. The number of hydrogen-bond donors (Lipinski definition) is 1. The number of ether oxygens (including phenoxy) is 1. The summed E-state index contributed by atoms with van der Waals surface area (Å²) in [6, 6.07) is 13.0. The SMILES string of the molecule is COc1ccccc1NC(=O)CS(=O)(=O)c1cccc(Br)c1. The van der Waals surface area contributed by atoms with Crippen LogP contribution in [0, 0.1) is 0 Å². The lowest BCUT2D eigenvalue weighted by atomic mass is 10.3. The van der Waals surface area contributed by atoms with E-state index in [1.165, 1.54) is 19.2 Å². The molecule has 0 saturated heterocycles. The van der Waals surface area contributed by atoms with Crippen LogP contribution in [0.4, 0.5) is 5.69 Å². The van der Waals surface area contributed by atoms with Gasteiger partial charge in [-0.1, -0.05) is 34.1 Å². The summed E-state index contributed by atoms with van der Waals surface area (Å²) in [5.41, 5.74) is 0.430. The monoisotopic (exact) mass is 383 g/mol. The van der Waals surface area contributed by atoms with Gasteiger partial charge in [0.25, 0.3) is 0 Å². The van der Waals surface area contributed by atoms with Gasteiger partial charge in [-0.2, -0.15) is 0 Å². The van der Waals surface area contributed by atoms with Gasteiger partial charge < -0.3 is 10.1 Å². The van der Waals surface area contributed by atoms with Gasteiger partial charge in [-0.25, -0.2) is 8.42 Å². The van der Waals surface area contributed by atoms with E-state index in [9.17, 15) is 13.2 Å². The average Bonchev–Trinajstić information content (AvgIpc) is 2.47. The third-order valence-corrected chi connectivity index (χ3v) is 4.97. The van der Waals surface area contributed by atoms with Gasteiger partial charge in [-0.05, 0) is 30.3 Å². The molecule has 1 amide bonds. The van der Waals surface area contributed by atoms with Crippen molar-refractivity contribution in [2.24, 2.45) is 0 Å². The lowest BCUT2D eigenvalue weighted by molar-refractivity contribution is -0.113. The van der Waals surface area contributed by atoms with Crippen LogP contribution in [-0.4, -0.2) is 27.2 Å². The molecule has 0 atom stereocenters. The van der Waals surface area contributed by atoms with Crippen LogP contribution < -0.4 is 10.1 Å².